The third kappa shape index (κ3) is 4.64. The normalized spacial score (nSPS) is 14.8. The van der Waals surface area contributed by atoms with Crippen LogP contribution >= 0.6 is 15.9 Å². The van der Waals surface area contributed by atoms with Crippen molar-refractivity contribution in [1.29, 1.82) is 0 Å². The van der Waals surface area contributed by atoms with Crippen LogP contribution in [0.3, 0.4) is 0 Å². The first-order valence-corrected chi connectivity index (χ1v) is 9.69. The third-order valence-corrected chi connectivity index (χ3v) is 4.53. The quantitative estimate of drug-likeness (QED) is 0.302. The average molecular weight is 464 g/mol. The molecule has 4 rings (SSSR count). The first kappa shape index (κ1) is 19.6. The molecule has 0 saturated carbocycles. The van der Waals surface area contributed by atoms with Crippen LogP contribution in [0.2, 0.25) is 0 Å². The molecule has 3 aromatic rings. The lowest BCUT2D eigenvalue weighted by atomic mass is 10.1. The lowest BCUT2D eigenvalue weighted by Gasteiger charge is -2.06. The molecule has 0 amide bonds. The Kier molecular flexibility index (Phi) is 5.72. The molecule has 7 heteroatoms. The van der Waals surface area contributed by atoms with E-state index in [1.807, 2.05) is 30.3 Å². The molecule has 0 saturated heterocycles. The molecule has 1 aliphatic rings. The molecular weight excluding hydrogens is 450 g/mol. The number of nitrogens with zero attached hydrogens (tertiary/aromatic N) is 1. The monoisotopic (exact) mass is 463 g/mol. The fourth-order valence-electron chi connectivity index (χ4n) is 2.66. The van der Waals surface area contributed by atoms with Crippen molar-refractivity contribution in [3.05, 3.63) is 100 Å². The van der Waals surface area contributed by atoms with E-state index in [4.69, 9.17) is 13.9 Å². The van der Waals surface area contributed by atoms with Crippen LogP contribution in [0.25, 0.3) is 12.2 Å². The second-order valence-electron chi connectivity index (χ2n) is 6.16. The highest BCUT2D eigenvalue weighted by molar-refractivity contribution is 9.10. The summed E-state index contributed by atoms with van der Waals surface area (Å²) < 4.78 is 16.6. The zero-order valence-corrected chi connectivity index (χ0v) is 17.0. The Labute approximate surface area is 180 Å². The molecule has 30 heavy (non-hydrogen) atoms. The minimum Gasteiger partial charge on any atom is -0.459 e. The molecular formula is C23H14BrNO5. The van der Waals surface area contributed by atoms with Gasteiger partial charge in [0.1, 0.15) is 5.75 Å². The van der Waals surface area contributed by atoms with Crippen molar-refractivity contribution >= 4 is 45.9 Å². The maximum atomic E-state index is 12.3. The lowest BCUT2D eigenvalue weighted by molar-refractivity contribution is -0.130. The summed E-state index contributed by atoms with van der Waals surface area (Å²) in [7, 11) is 0. The SMILES string of the molecule is O=C(/C=C/c1ccccc1)Oc1ccc(Br)cc1/C=C1/N=C(c2ccco2)OC1=O. The summed E-state index contributed by atoms with van der Waals surface area (Å²) in [4.78, 5) is 28.6. The Bertz CT molecular complexity index is 1180. The van der Waals surface area contributed by atoms with E-state index in [9.17, 15) is 9.59 Å². The molecule has 2 heterocycles. The summed E-state index contributed by atoms with van der Waals surface area (Å²) in [5, 5.41) is 0. The molecule has 148 valence electrons. The van der Waals surface area contributed by atoms with Crippen molar-refractivity contribution in [2.24, 2.45) is 4.99 Å². The van der Waals surface area contributed by atoms with Crippen LogP contribution in [0.5, 0.6) is 5.75 Å². The van der Waals surface area contributed by atoms with Gasteiger partial charge in [0.2, 0.25) is 0 Å². The van der Waals surface area contributed by atoms with Crippen molar-refractivity contribution in [3.8, 4) is 5.75 Å². The van der Waals surface area contributed by atoms with E-state index in [1.165, 1.54) is 18.4 Å². The summed E-state index contributed by atoms with van der Waals surface area (Å²) in [5.41, 5.74) is 1.43. The molecule has 0 unspecified atom stereocenters. The molecule has 0 radical (unpaired) electrons. The number of benzene rings is 2. The highest BCUT2D eigenvalue weighted by Gasteiger charge is 2.26. The van der Waals surface area contributed by atoms with Crippen LogP contribution < -0.4 is 4.74 Å². The minimum atomic E-state index is -0.623. The summed E-state index contributed by atoms with van der Waals surface area (Å²) in [6, 6.07) is 17.8. The number of cyclic esters (lactones) is 1. The average Bonchev–Trinajstić information content (AvgIpc) is 3.40. The van der Waals surface area contributed by atoms with Gasteiger partial charge in [-0.1, -0.05) is 46.3 Å². The van der Waals surface area contributed by atoms with Gasteiger partial charge in [0, 0.05) is 16.1 Å². The number of carbonyl (C=O) groups is 2. The predicted molar refractivity (Wildman–Crippen MR) is 115 cm³/mol. The van der Waals surface area contributed by atoms with Gasteiger partial charge in [-0.3, -0.25) is 0 Å². The number of rotatable bonds is 5. The summed E-state index contributed by atoms with van der Waals surface area (Å²) in [6.45, 7) is 0. The summed E-state index contributed by atoms with van der Waals surface area (Å²) >= 11 is 3.38. The number of aliphatic imine (C=N–C) groups is 1. The van der Waals surface area contributed by atoms with Gasteiger partial charge in [0.05, 0.1) is 6.26 Å². The maximum Gasteiger partial charge on any atom is 0.363 e. The number of ether oxygens (including phenoxy) is 2. The number of hydrogen-bond acceptors (Lipinski definition) is 6. The van der Waals surface area contributed by atoms with E-state index in [0.29, 0.717) is 11.3 Å². The Morgan fingerprint density at radius 2 is 1.90 bits per heavy atom. The number of furan rings is 1. The van der Waals surface area contributed by atoms with Crippen LogP contribution in [0.15, 0.2) is 92.6 Å². The number of halogens is 1. The second kappa shape index (κ2) is 8.75. The molecule has 0 N–H and O–H groups in total. The van der Waals surface area contributed by atoms with Gasteiger partial charge in [-0.15, -0.1) is 0 Å². The zero-order valence-electron chi connectivity index (χ0n) is 15.4. The van der Waals surface area contributed by atoms with Gasteiger partial charge in [-0.25, -0.2) is 14.6 Å². The van der Waals surface area contributed by atoms with Crippen LogP contribution in [0.1, 0.15) is 16.9 Å². The van der Waals surface area contributed by atoms with Gasteiger partial charge in [0.25, 0.3) is 5.90 Å². The molecule has 2 aromatic carbocycles. The van der Waals surface area contributed by atoms with Crippen LogP contribution in [0.4, 0.5) is 0 Å². The molecule has 1 aliphatic heterocycles. The summed E-state index contributed by atoms with van der Waals surface area (Å²) in [6.07, 6.45) is 5.95. The van der Waals surface area contributed by atoms with Crippen molar-refractivity contribution in [2.45, 2.75) is 0 Å². The van der Waals surface area contributed by atoms with Crippen LogP contribution in [0, 0.1) is 0 Å². The van der Waals surface area contributed by atoms with Gasteiger partial charge in [-0.05, 0) is 48.0 Å². The molecule has 0 spiro atoms. The second-order valence-corrected chi connectivity index (χ2v) is 7.08. The van der Waals surface area contributed by atoms with E-state index < -0.39 is 11.9 Å². The number of carbonyl (C=O) groups excluding carboxylic acids is 2. The van der Waals surface area contributed by atoms with Gasteiger partial charge in [0.15, 0.2) is 11.5 Å². The fraction of sp³-hybridized carbons (Fsp3) is 0. The van der Waals surface area contributed by atoms with Crippen molar-refractivity contribution in [1.82, 2.24) is 0 Å². The van der Waals surface area contributed by atoms with Crippen molar-refractivity contribution in [3.63, 3.8) is 0 Å². The first-order chi connectivity index (χ1) is 14.6. The predicted octanol–water partition coefficient (Wildman–Crippen LogP) is 5.01. The van der Waals surface area contributed by atoms with E-state index in [1.54, 1.807) is 36.4 Å². The smallest absolute Gasteiger partial charge is 0.363 e. The molecule has 0 bridgehead atoms. The Hall–Kier alpha value is -3.71. The highest BCUT2D eigenvalue weighted by Crippen LogP contribution is 2.28. The number of hydrogen-bond donors (Lipinski definition) is 0. The largest absolute Gasteiger partial charge is 0.459 e. The molecule has 0 atom stereocenters. The topological polar surface area (TPSA) is 78.1 Å². The standard InChI is InChI=1S/C23H14BrNO5/c24-17-9-10-19(29-21(26)11-8-15-5-2-1-3-6-15)16(13-17)14-18-23(27)30-22(25-18)20-7-4-12-28-20/h1-14H/b11-8+,18-14+. The van der Waals surface area contributed by atoms with Gasteiger partial charge in [-0.2, -0.15) is 0 Å². The van der Waals surface area contributed by atoms with E-state index in [0.717, 1.165) is 10.0 Å². The van der Waals surface area contributed by atoms with Gasteiger partial charge < -0.3 is 13.9 Å². The van der Waals surface area contributed by atoms with Crippen molar-refractivity contribution in [2.75, 3.05) is 0 Å². The molecule has 1 aromatic heterocycles. The minimum absolute atomic E-state index is 0.0663. The molecule has 6 nitrogen and oxygen atoms in total. The Balaban J connectivity index is 1.58. The third-order valence-electron chi connectivity index (χ3n) is 4.04. The molecule has 0 fully saturated rings. The Morgan fingerprint density at radius 1 is 1.07 bits per heavy atom. The van der Waals surface area contributed by atoms with E-state index in [-0.39, 0.29) is 17.3 Å². The fourth-order valence-corrected chi connectivity index (χ4v) is 3.04. The van der Waals surface area contributed by atoms with E-state index in [2.05, 4.69) is 20.9 Å². The van der Waals surface area contributed by atoms with Gasteiger partial charge >= 0.3 is 11.9 Å². The first-order valence-electron chi connectivity index (χ1n) is 8.89. The molecule has 0 aliphatic carbocycles. The lowest BCUT2D eigenvalue weighted by Crippen LogP contribution is -2.06. The summed E-state index contributed by atoms with van der Waals surface area (Å²) in [5.74, 6) is -0.464. The zero-order chi connectivity index (χ0) is 20.9. The number of esters is 2. The van der Waals surface area contributed by atoms with Crippen LogP contribution in [-0.4, -0.2) is 17.8 Å². The van der Waals surface area contributed by atoms with Crippen LogP contribution in [-0.2, 0) is 14.3 Å². The maximum absolute atomic E-state index is 12.3. The Morgan fingerprint density at radius 3 is 2.67 bits per heavy atom. The van der Waals surface area contributed by atoms with Crippen molar-refractivity contribution < 1.29 is 23.5 Å². The highest BCUT2D eigenvalue weighted by atomic mass is 79.9. The van der Waals surface area contributed by atoms with E-state index >= 15 is 0 Å².